The van der Waals surface area contributed by atoms with Crippen LogP contribution < -0.4 is 0 Å². The molecule has 1 unspecified atom stereocenters. The predicted molar refractivity (Wildman–Crippen MR) is 71.0 cm³/mol. The first kappa shape index (κ1) is 17.0. The van der Waals surface area contributed by atoms with Gasteiger partial charge in [-0.25, -0.2) is 21.2 Å². The van der Waals surface area contributed by atoms with Crippen LogP contribution in [0.15, 0.2) is 28.0 Å². The van der Waals surface area contributed by atoms with Gasteiger partial charge in [-0.05, 0) is 25.1 Å². The molecule has 0 bridgehead atoms. The standard InChI is InChI=1S/C11H16FNO5S2/c1-8(14)7-13(2)20(17,18)11-6-9(19(3,15)16)4-5-10(11)12/h4-6,8,14H,7H2,1-3H3. The van der Waals surface area contributed by atoms with Crippen LogP contribution in [-0.4, -0.2) is 52.2 Å². The monoisotopic (exact) mass is 325 g/mol. The van der Waals surface area contributed by atoms with Crippen LogP contribution in [0.3, 0.4) is 0 Å². The Balaban J connectivity index is 3.38. The summed E-state index contributed by atoms with van der Waals surface area (Å²) in [6, 6.07) is 2.57. The first-order chi connectivity index (χ1) is 8.96. The van der Waals surface area contributed by atoms with Crippen molar-refractivity contribution >= 4 is 19.9 Å². The molecule has 1 aromatic rings. The number of halogens is 1. The number of aliphatic hydroxyl groups excluding tert-OH is 1. The van der Waals surface area contributed by atoms with Gasteiger partial charge in [0.25, 0.3) is 0 Å². The Morgan fingerprint density at radius 3 is 2.30 bits per heavy atom. The first-order valence-electron chi connectivity index (χ1n) is 5.60. The molecule has 0 saturated carbocycles. The van der Waals surface area contributed by atoms with Crippen molar-refractivity contribution in [3.8, 4) is 0 Å². The SMILES string of the molecule is CC(O)CN(C)S(=O)(=O)c1cc(S(C)(=O)=O)ccc1F. The minimum Gasteiger partial charge on any atom is -0.392 e. The first-order valence-corrected chi connectivity index (χ1v) is 8.93. The van der Waals surface area contributed by atoms with E-state index in [1.54, 1.807) is 0 Å². The van der Waals surface area contributed by atoms with Gasteiger partial charge in [0.05, 0.1) is 11.0 Å². The van der Waals surface area contributed by atoms with E-state index in [1.807, 2.05) is 0 Å². The molecule has 1 aromatic carbocycles. The smallest absolute Gasteiger partial charge is 0.245 e. The molecule has 0 aliphatic carbocycles. The summed E-state index contributed by atoms with van der Waals surface area (Å²) in [5.41, 5.74) is 0. The number of rotatable bonds is 5. The fraction of sp³-hybridized carbons (Fsp3) is 0.455. The molecule has 0 saturated heterocycles. The summed E-state index contributed by atoms with van der Waals surface area (Å²) in [5.74, 6) is -1.05. The Labute approximate surface area is 117 Å². The second kappa shape index (κ2) is 5.76. The molecule has 0 spiro atoms. The second-order valence-corrected chi connectivity index (χ2v) is 8.53. The molecule has 1 atom stereocenters. The van der Waals surface area contributed by atoms with Gasteiger partial charge in [0, 0.05) is 19.8 Å². The zero-order valence-electron chi connectivity index (χ0n) is 11.2. The molecule has 0 aromatic heterocycles. The summed E-state index contributed by atoms with van der Waals surface area (Å²) in [6.07, 6.45) is -0.0354. The summed E-state index contributed by atoms with van der Waals surface area (Å²) >= 11 is 0. The van der Waals surface area contributed by atoms with Crippen LogP contribution in [0.2, 0.25) is 0 Å². The molecule has 0 amide bonds. The number of sulfone groups is 1. The predicted octanol–water partition coefficient (Wildman–Crippen LogP) is 0.231. The number of benzene rings is 1. The zero-order chi connectivity index (χ0) is 15.7. The van der Waals surface area contributed by atoms with Gasteiger partial charge >= 0.3 is 0 Å². The minimum absolute atomic E-state index is 0.231. The number of nitrogens with zero attached hydrogens (tertiary/aromatic N) is 1. The number of sulfonamides is 1. The maximum atomic E-state index is 13.7. The lowest BCUT2D eigenvalue weighted by atomic mass is 10.3. The van der Waals surface area contributed by atoms with Crippen LogP contribution in [0.1, 0.15) is 6.92 Å². The minimum atomic E-state index is -4.21. The Kier molecular flexibility index (Phi) is 4.90. The Morgan fingerprint density at radius 2 is 1.85 bits per heavy atom. The Morgan fingerprint density at radius 1 is 1.30 bits per heavy atom. The van der Waals surface area contributed by atoms with E-state index in [1.165, 1.54) is 14.0 Å². The van der Waals surface area contributed by atoms with E-state index in [-0.39, 0.29) is 11.4 Å². The fourth-order valence-electron chi connectivity index (χ4n) is 1.55. The van der Waals surface area contributed by atoms with Crippen LogP contribution in [0.25, 0.3) is 0 Å². The Bertz CT molecular complexity index is 698. The number of aliphatic hydroxyl groups is 1. The van der Waals surface area contributed by atoms with E-state index in [0.717, 1.165) is 28.8 Å². The highest BCUT2D eigenvalue weighted by Crippen LogP contribution is 2.22. The van der Waals surface area contributed by atoms with Crippen molar-refractivity contribution < 1.29 is 26.3 Å². The molecule has 0 aliphatic heterocycles. The van der Waals surface area contributed by atoms with Crippen LogP contribution in [0.5, 0.6) is 0 Å². The fourth-order valence-corrected chi connectivity index (χ4v) is 3.61. The normalized spacial score (nSPS) is 14.5. The third kappa shape index (κ3) is 3.75. The van der Waals surface area contributed by atoms with Gasteiger partial charge in [-0.1, -0.05) is 0 Å². The van der Waals surface area contributed by atoms with E-state index >= 15 is 0 Å². The molecular weight excluding hydrogens is 309 g/mol. The molecule has 114 valence electrons. The molecule has 6 nitrogen and oxygen atoms in total. The second-order valence-electron chi connectivity index (χ2n) is 4.50. The highest BCUT2D eigenvalue weighted by atomic mass is 32.2. The molecule has 9 heteroatoms. The summed E-state index contributed by atoms with van der Waals surface area (Å²) in [7, 11) is -6.69. The number of likely N-dealkylation sites (N-methyl/N-ethyl adjacent to an activating group) is 1. The molecule has 1 N–H and O–H groups in total. The zero-order valence-corrected chi connectivity index (χ0v) is 12.9. The summed E-state index contributed by atoms with van der Waals surface area (Å²) < 4.78 is 61.5. The highest BCUT2D eigenvalue weighted by molar-refractivity contribution is 7.91. The van der Waals surface area contributed by atoms with Gasteiger partial charge in [0.15, 0.2) is 9.84 Å². The van der Waals surface area contributed by atoms with Crippen molar-refractivity contribution in [1.82, 2.24) is 4.31 Å². The Hall–Kier alpha value is -1.03. The van der Waals surface area contributed by atoms with Gasteiger partial charge in [0.1, 0.15) is 10.7 Å². The van der Waals surface area contributed by atoms with Crippen molar-refractivity contribution in [3.05, 3.63) is 24.0 Å². The maximum Gasteiger partial charge on any atom is 0.245 e. The van der Waals surface area contributed by atoms with Crippen molar-refractivity contribution in [2.75, 3.05) is 19.8 Å². The number of hydrogen-bond donors (Lipinski definition) is 1. The van der Waals surface area contributed by atoms with Gasteiger partial charge in [-0.3, -0.25) is 0 Å². The molecule has 1 rings (SSSR count). The van der Waals surface area contributed by atoms with Crippen LogP contribution >= 0.6 is 0 Å². The van der Waals surface area contributed by atoms with Crippen molar-refractivity contribution in [3.63, 3.8) is 0 Å². The van der Waals surface area contributed by atoms with Crippen LogP contribution in [0, 0.1) is 5.82 Å². The average molecular weight is 325 g/mol. The molecular formula is C11H16FNO5S2. The molecule has 0 radical (unpaired) electrons. The van der Waals surface area contributed by atoms with Crippen molar-refractivity contribution in [2.45, 2.75) is 22.8 Å². The van der Waals surface area contributed by atoms with Crippen LogP contribution in [0.4, 0.5) is 4.39 Å². The molecule has 20 heavy (non-hydrogen) atoms. The van der Waals surface area contributed by atoms with Gasteiger partial charge < -0.3 is 5.11 Å². The van der Waals surface area contributed by atoms with E-state index in [2.05, 4.69) is 0 Å². The quantitative estimate of drug-likeness (QED) is 0.783. The van der Waals surface area contributed by atoms with E-state index in [9.17, 15) is 26.3 Å². The van der Waals surface area contributed by atoms with Crippen molar-refractivity contribution in [2.24, 2.45) is 0 Å². The third-order valence-electron chi connectivity index (χ3n) is 2.54. The topological polar surface area (TPSA) is 91.8 Å². The third-order valence-corrected chi connectivity index (χ3v) is 5.49. The summed E-state index contributed by atoms with van der Waals surface area (Å²) in [5, 5.41) is 9.19. The van der Waals surface area contributed by atoms with Crippen molar-refractivity contribution in [1.29, 1.82) is 0 Å². The lowest BCUT2D eigenvalue weighted by Gasteiger charge is -2.19. The summed E-state index contributed by atoms with van der Waals surface area (Å²) in [6.45, 7) is 1.15. The maximum absolute atomic E-state index is 13.7. The van der Waals surface area contributed by atoms with Gasteiger partial charge in [-0.2, -0.15) is 4.31 Å². The highest BCUT2D eigenvalue weighted by Gasteiger charge is 2.26. The van der Waals surface area contributed by atoms with Crippen LogP contribution in [-0.2, 0) is 19.9 Å². The average Bonchev–Trinajstić information content (AvgIpc) is 2.26. The van der Waals surface area contributed by atoms with E-state index in [0.29, 0.717) is 0 Å². The molecule has 0 fully saturated rings. The van der Waals surface area contributed by atoms with E-state index < -0.39 is 36.7 Å². The molecule has 0 heterocycles. The van der Waals surface area contributed by atoms with E-state index in [4.69, 9.17) is 0 Å². The van der Waals surface area contributed by atoms with Gasteiger partial charge in [-0.15, -0.1) is 0 Å². The summed E-state index contributed by atoms with van der Waals surface area (Å²) in [4.78, 5) is -1.02. The lowest BCUT2D eigenvalue weighted by Crippen LogP contribution is -2.33. The van der Waals surface area contributed by atoms with Gasteiger partial charge in [0.2, 0.25) is 10.0 Å². The number of hydrogen-bond acceptors (Lipinski definition) is 5. The molecule has 0 aliphatic rings. The largest absolute Gasteiger partial charge is 0.392 e. The lowest BCUT2D eigenvalue weighted by molar-refractivity contribution is 0.171.